The predicted molar refractivity (Wildman–Crippen MR) is 79.5 cm³/mol. The third-order valence-electron chi connectivity index (χ3n) is 3.89. The average Bonchev–Trinajstić information content (AvgIpc) is 2.86. The molecule has 1 unspecified atom stereocenters. The van der Waals surface area contributed by atoms with Gasteiger partial charge in [-0.2, -0.15) is 0 Å². The van der Waals surface area contributed by atoms with Crippen LogP contribution in [0.5, 0.6) is 0 Å². The molecule has 3 rings (SSSR count). The molecule has 1 amide bonds. The van der Waals surface area contributed by atoms with Gasteiger partial charge in [-0.1, -0.05) is 5.16 Å². The topological polar surface area (TPSA) is 68.5 Å². The highest BCUT2D eigenvalue weighted by Crippen LogP contribution is 2.24. The SMILES string of the molecule is Cc1cc(C2CN(C(=O)c3c(C)noc3C)CCO2)ccn1. The van der Waals surface area contributed by atoms with Crippen LogP contribution < -0.4 is 0 Å². The Hall–Kier alpha value is -2.21. The fourth-order valence-corrected chi connectivity index (χ4v) is 2.75. The number of aryl methyl sites for hydroxylation is 3. The van der Waals surface area contributed by atoms with Gasteiger partial charge in [-0.25, -0.2) is 0 Å². The summed E-state index contributed by atoms with van der Waals surface area (Å²) in [7, 11) is 0. The van der Waals surface area contributed by atoms with Gasteiger partial charge in [0.1, 0.15) is 17.4 Å². The first-order valence-corrected chi connectivity index (χ1v) is 7.32. The van der Waals surface area contributed by atoms with Gasteiger partial charge in [0.25, 0.3) is 5.91 Å². The highest BCUT2D eigenvalue weighted by atomic mass is 16.5. The Labute approximate surface area is 129 Å². The van der Waals surface area contributed by atoms with Crippen molar-refractivity contribution in [3.63, 3.8) is 0 Å². The molecule has 6 heteroatoms. The van der Waals surface area contributed by atoms with E-state index >= 15 is 0 Å². The maximum Gasteiger partial charge on any atom is 0.259 e. The van der Waals surface area contributed by atoms with E-state index in [9.17, 15) is 4.79 Å². The van der Waals surface area contributed by atoms with Gasteiger partial charge in [-0.3, -0.25) is 9.78 Å². The molecule has 22 heavy (non-hydrogen) atoms. The summed E-state index contributed by atoms with van der Waals surface area (Å²) in [6, 6.07) is 3.93. The number of hydrogen-bond acceptors (Lipinski definition) is 5. The van der Waals surface area contributed by atoms with E-state index in [2.05, 4.69) is 10.1 Å². The van der Waals surface area contributed by atoms with E-state index in [0.717, 1.165) is 11.3 Å². The number of amides is 1. The first kappa shape index (κ1) is 14.7. The first-order chi connectivity index (χ1) is 10.6. The molecular weight excluding hydrogens is 282 g/mol. The maximum absolute atomic E-state index is 12.7. The van der Waals surface area contributed by atoms with Gasteiger partial charge >= 0.3 is 0 Å². The standard InChI is InChI=1S/C16H19N3O3/c1-10-8-13(4-5-17-10)14-9-19(6-7-21-14)16(20)15-11(2)18-22-12(15)3/h4-5,8,14H,6-7,9H2,1-3H3. The summed E-state index contributed by atoms with van der Waals surface area (Å²) in [5, 5.41) is 3.86. The second kappa shape index (κ2) is 5.88. The minimum atomic E-state index is -0.125. The van der Waals surface area contributed by atoms with Crippen LogP contribution in [0, 0.1) is 20.8 Å². The van der Waals surface area contributed by atoms with Gasteiger partial charge in [0.15, 0.2) is 0 Å². The quantitative estimate of drug-likeness (QED) is 0.850. The normalized spacial score (nSPS) is 18.5. The van der Waals surface area contributed by atoms with Crippen LogP contribution >= 0.6 is 0 Å². The molecule has 0 saturated carbocycles. The number of ether oxygens (including phenoxy) is 1. The van der Waals surface area contributed by atoms with Crippen LogP contribution in [-0.2, 0) is 4.74 Å². The summed E-state index contributed by atoms with van der Waals surface area (Å²) in [5.41, 5.74) is 3.18. The van der Waals surface area contributed by atoms with E-state index < -0.39 is 0 Å². The smallest absolute Gasteiger partial charge is 0.259 e. The van der Waals surface area contributed by atoms with Gasteiger partial charge in [0, 0.05) is 18.4 Å². The molecule has 6 nitrogen and oxygen atoms in total. The van der Waals surface area contributed by atoms with Crippen molar-refractivity contribution in [2.75, 3.05) is 19.7 Å². The van der Waals surface area contributed by atoms with E-state index in [-0.39, 0.29) is 12.0 Å². The number of rotatable bonds is 2. The number of morpholine rings is 1. The molecule has 3 heterocycles. The molecule has 1 aliphatic rings. The van der Waals surface area contributed by atoms with Crippen LogP contribution in [0.25, 0.3) is 0 Å². The zero-order valence-electron chi connectivity index (χ0n) is 13.0. The summed E-state index contributed by atoms with van der Waals surface area (Å²) < 4.78 is 10.9. The van der Waals surface area contributed by atoms with Crippen molar-refractivity contribution in [2.24, 2.45) is 0 Å². The Balaban J connectivity index is 1.80. The third-order valence-corrected chi connectivity index (χ3v) is 3.89. The highest BCUT2D eigenvalue weighted by Gasteiger charge is 2.29. The second-order valence-corrected chi connectivity index (χ2v) is 5.54. The number of carbonyl (C=O) groups is 1. The lowest BCUT2D eigenvalue weighted by molar-refractivity contribution is -0.0229. The van der Waals surface area contributed by atoms with E-state index in [1.165, 1.54) is 0 Å². The number of pyridine rings is 1. The van der Waals surface area contributed by atoms with Gasteiger partial charge in [0.2, 0.25) is 0 Å². The number of carbonyl (C=O) groups excluding carboxylic acids is 1. The average molecular weight is 301 g/mol. The van der Waals surface area contributed by atoms with Crippen LogP contribution in [0.15, 0.2) is 22.9 Å². The summed E-state index contributed by atoms with van der Waals surface area (Å²) in [4.78, 5) is 18.7. The Kier molecular flexibility index (Phi) is 3.94. The molecule has 0 spiro atoms. The van der Waals surface area contributed by atoms with Crippen LogP contribution in [0.4, 0.5) is 0 Å². The van der Waals surface area contributed by atoms with Crippen molar-refractivity contribution < 1.29 is 14.1 Å². The number of aromatic nitrogens is 2. The summed E-state index contributed by atoms with van der Waals surface area (Å²) in [6.45, 7) is 7.10. The van der Waals surface area contributed by atoms with Crippen molar-refractivity contribution in [3.8, 4) is 0 Å². The van der Waals surface area contributed by atoms with Gasteiger partial charge in [-0.15, -0.1) is 0 Å². The monoisotopic (exact) mass is 301 g/mol. The molecule has 1 saturated heterocycles. The van der Waals surface area contributed by atoms with E-state index in [0.29, 0.717) is 36.7 Å². The molecule has 0 N–H and O–H groups in total. The molecule has 2 aromatic heterocycles. The lowest BCUT2D eigenvalue weighted by Gasteiger charge is -2.33. The second-order valence-electron chi connectivity index (χ2n) is 5.54. The fraction of sp³-hybridized carbons (Fsp3) is 0.438. The number of nitrogens with zero attached hydrogens (tertiary/aromatic N) is 3. The van der Waals surface area contributed by atoms with Crippen LogP contribution in [0.1, 0.15) is 39.2 Å². The van der Waals surface area contributed by atoms with Gasteiger partial charge in [-0.05, 0) is 38.5 Å². The number of hydrogen-bond donors (Lipinski definition) is 0. The Morgan fingerprint density at radius 2 is 2.18 bits per heavy atom. The first-order valence-electron chi connectivity index (χ1n) is 7.32. The Bertz CT molecular complexity index is 676. The minimum Gasteiger partial charge on any atom is -0.370 e. The van der Waals surface area contributed by atoms with Gasteiger partial charge in [0.05, 0.1) is 18.8 Å². The van der Waals surface area contributed by atoms with Crippen molar-refractivity contribution in [2.45, 2.75) is 26.9 Å². The third kappa shape index (κ3) is 2.74. The molecule has 0 bridgehead atoms. The Morgan fingerprint density at radius 1 is 1.36 bits per heavy atom. The van der Waals surface area contributed by atoms with Crippen molar-refractivity contribution in [3.05, 3.63) is 46.6 Å². The van der Waals surface area contributed by atoms with Gasteiger partial charge < -0.3 is 14.2 Å². The van der Waals surface area contributed by atoms with Crippen LogP contribution in [0.3, 0.4) is 0 Å². The molecule has 0 aromatic carbocycles. The lowest BCUT2D eigenvalue weighted by atomic mass is 10.1. The van der Waals surface area contributed by atoms with Crippen LogP contribution in [0.2, 0.25) is 0 Å². The summed E-state index contributed by atoms with van der Waals surface area (Å²) >= 11 is 0. The highest BCUT2D eigenvalue weighted by molar-refractivity contribution is 5.96. The molecule has 0 radical (unpaired) electrons. The zero-order chi connectivity index (χ0) is 15.7. The van der Waals surface area contributed by atoms with E-state index in [1.807, 2.05) is 19.1 Å². The molecule has 1 fully saturated rings. The Morgan fingerprint density at radius 3 is 2.86 bits per heavy atom. The maximum atomic E-state index is 12.7. The molecule has 2 aromatic rings. The summed E-state index contributed by atoms with van der Waals surface area (Å²) in [6.07, 6.45) is 1.64. The lowest BCUT2D eigenvalue weighted by Crippen LogP contribution is -2.42. The van der Waals surface area contributed by atoms with Crippen LogP contribution in [-0.4, -0.2) is 40.6 Å². The minimum absolute atomic E-state index is 0.0460. The fourth-order valence-electron chi connectivity index (χ4n) is 2.75. The van der Waals surface area contributed by atoms with Crippen molar-refractivity contribution in [1.29, 1.82) is 0 Å². The summed E-state index contributed by atoms with van der Waals surface area (Å²) in [5.74, 6) is 0.514. The molecule has 0 aliphatic carbocycles. The van der Waals surface area contributed by atoms with Crippen molar-refractivity contribution >= 4 is 5.91 Å². The molecular formula is C16H19N3O3. The van der Waals surface area contributed by atoms with E-state index in [1.54, 1.807) is 24.9 Å². The largest absolute Gasteiger partial charge is 0.370 e. The predicted octanol–water partition coefficient (Wildman–Crippen LogP) is 2.21. The molecule has 1 aliphatic heterocycles. The van der Waals surface area contributed by atoms with Crippen molar-refractivity contribution in [1.82, 2.24) is 15.0 Å². The molecule has 116 valence electrons. The zero-order valence-corrected chi connectivity index (χ0v) is 13.0. The molecule has 1 atom stereocenters. The van der Waals surface area contributed by atoms with E-state index in [4.69, 9.17) is 9.26 Å².